The Morgan fingerprint density at radius 1 is 0.970 bits per heavy atom. The van der Waals surface area contributed by atoms with Gasteiger partial charge < -0.3 is 19.4 Å². The lowest BCUT2D eigenvalue weighted by molar-refractivity contribution is -0.123. The van der Waals surface area contributed by atoms with Gasteiger partial charge in [-0.1, -0.05) is 12.1 Å². The molecular weight excluding hydrogens is 412 g/mol. The molecule has 1 aromatic carbocycles. The number of carbonyl (C=O) groups excluding carboxylic acids is 1. The van der Waals surface area contributed by atoms with Gasteiger partial charge in [0.15, 0.2) is 0 Å². The third kappa shape index (κ3) is 5.07. The molecular formula is C27H36N4O2. The van der Waals surface area contributed by atoms with Crippen molar-refractivity contribution < 1.29 is 9.53 Å². The Hall–Kier alpha value is -2.44. The Morgan fingerprint density at radius 2 is 1.73 bits per heavy atom. The summed E-state index contributed by atoms with van der Waals surface area (Å²) in [6.45, 7) is 6.66. The number of benzene rings is 1. The lowest BCUT2D eigenvalue weighted by Gasteiger charge is -2.36. The molecule has 1 aromatic heterocycles. The van der Waals surface area contributed by atoms with Crippen LogP contribution in [0.5, 0.6) is 0 Å². The van der Waals surface area contributed by atoms with Crippen molar-refractivity contribution in [3.05, 3.63) is 53.9 Å². The van der Waals surface area contributed by atoms with Crippen molar-refractivity contribution in [2.45, 2.75) is 38.0 Å². The smallest absolute Gasteiger partial charge is 0.230 e. The zero-order valence-electron chi connectivity index (χ0n) is 19.8. The van der Waals surface area contributed by atoms with Gasteiger partial charge in [-0.15, -0.1) is 0 Å². The van der Waals surface area contributed by atoms with E-state index in [4.69, 9.17) is 9.72 Å². The number of carbonyl (C=O) groups is 1. The quantitative estimate of drug-likeness (QED) is 0.698. The zero-order chi connectivity index (χ0) is 22.6. The molecule has 4 heterocycles. The average Bonchev–Trinajstić information content (AvgIpc) is 2.87. The second kappa shape index (κ2) is 10.2. The Labute approximate surface area is 197 Å². The highest BCUT2D eigenvalue weighted by atomic mass is 16.5. The Kier molecular flexibility index (Phi) is 6.93. The molecule has 176 valence electrons. The molecule has 5 rings (SSSR count). The first-order valence-electron chi connectivity index (χ1n) is 12.6. The molecule has 0 aliphatic carbocycles. The number of aromatic nitrogens is 1. The SMILES string of the molecule is CN1CCN(c2cccnc2C[C@H]2CCCN(c3ccc(C4CCOCC4)cc3)C2=O)CC1. The number of likely N-dealkylation sites (N-methyl/N-ethyl adjacent to an activating group) is 1. The van der Waals surface area contributed by atoms with Crippen LogP contribution in [-0.2, 0) is 16.0 Å². The maximum absolute atomic E-state index is 13.5. The topological polar surface area (TPSA) is 48.9 Å². The van der Waals surface area contributed by atoms with Gasteiger partial charge in [-0.3, -0.25) is 9.78 Å². The number of piperidine rings is 1. The minimum absolute atomic E-state index is 0.00460. The van der Waals surface area contributed by atoms with Crippen LogP contribution in [0.25, 0.3) is 0 Å². The van der Waals surface area contributed by atoms with E-state index in [1.807, 2.05) is 17.2 Å². The van der Waals surface area contributed by atoms with Crippen LogP contribution in [0.2, 0.25) is 0 Å². The minimum atomic E-state index is -0.00460. The van der Waals surface area contributed by atoms with E-state index >= 15 is 0 Å². The Morgan fingerprint density at radius 3 is 2.48 bits per heavy atom. The van der Waals surface area contributed by atoms with Crippen molar-refractivity contribution in [2.24, 2.45) is 5.92 Å². The van der Waals surface area contributed by atoms with Gasteiger partial charge in [0, 0.05) is 70.2 Å². The lowest BCUT2D eigenvalue weighted by Crippen LogP contribution is -2.45. The molecule has 0 N–H and O–H groups in total. The highest BCUT2D eigenvalue weighted by Gasteiger charge is 2.31. The number of hydrogen-bond donors (Lipinski definition) is 0. The van der Waals surface area contributed by atoms with E-state index < -0.39 is 0 Å². The van der Waals surface area contributed by atoms with Crippen LogP contribution < -0.4 is 9.80 Å². The first-order valence-corrected chi connectivity index (χ1v) is 12.6. The molecule has 1 amide bonds. The van der Waals surface area contributed by atoms with Crippen molar-refractivity contribution in [1.29, 1.82) is 0 Å². The first-order chi connectivity index (χ1) is 16.2. The molecule has 3 aliphatic rings. The Bertz CT molecular complexity index is 933. The summed E-state index contributed by atoms with van der Waals surface area (Å²) >= 11 is 0. The second-order valence-corrected chi connectivity index (χ2v) is 9.77. The van der Waals surface area contributed by atoms with Crippen LogP contribution in [-0.4, -0.2) is 68.8 Å². The molecule has 0 spiro atoms. The number of anilines is 2. The van der Waals surface area contributed by atoms with E-state index in [0.29, 0.717) is 5.92 Å². The fraction of sp³-hybridized carbons (Fsp3) is 0.556. The van der Waals surface area contributed by atoms with Gasteiger partial charge in [0.25, 0.3) is 0 Å². The minimum Gasteiger partial charge on any atom is -0.381 e. The standard InChI is InChI=1S/C27H36N4O2/c1-29-14-16-30(17-15-29)26-5-2-12-28-25(26)20-23-4-3-13-31(27(23)32)24-8-6-21(7-9-24)22-10-18-33-19-11-22/h2,5-9,12,22-23H,3-4,10-11,13-20H2,1H3/t23-/m1/s1. The van der Waals surface area contributed by atoms with Gasteiger partial charge in [0.05, 0.1) is 11.4 Å². The summed E-state index contributed by atoms with van der Waals surface area (Å²) in [6, 6.07) is 12.9. The van der Waals surface area contributed by atoms with Crippen molar-refractivity contribution in [3.8, 4) is 0 Å². The monoisotopic (exact) mass is 448 g/mol. The van der Waals surface area contributed by atoms with Crippen LogP contribution in [0, 0.1) is 5.92 Å². The van der Waals surface area contributed by atoms with Crippen LogP contribution in [0.15, 0.2) is 42.6 Å². The predicted molar refractivity (Wildman–Crippen MR) is 132 cm³/mol. The molecule has 3 saturated heterocycles. The third-order valence-electron chi connectivity index (χ3n) is 7.60. The number of piperazine rings is 1. The predicted octanol–water partition coefficient (Wildman–Crippen LogP) is 3.71. The van der Waals surface area contributed by atoms with Gasteiger partial charge in [-0.2, -0.15) is 0 Å². The fourth-order valence-corrected chi connectivity index (χ4v) is 5.51. The maximum atomic E-state index is 13.5. The van der Waals surface area contributed by atoms with E-state index in [1.165, 1.54) is 11.3 Å². The van der Waals surface area contributed by atoms with Crippen LogP contribution in [0.4, 0.5) is 11.4 Å². The summed E-state index contributed by atoms with van der Waals surface area (Å²) in [6.07, 6.45) is 6.74. The third-order valence-corrected chi connectivity index (χ3v) is 7.60. The van der Waals surface area contributed by atoms with E-state index in [-0.39, 0.29) is 11.8 Å². The number of nitrogens with zero attached hydrogens (tertiary/aromatic N) is 4. The zero-order valence-corrected chi connectivity index (χ0v) is 19.8. The summed E-state index contributed by atoms with van der Waals surface area (Å²) in [5.74, 6) is 0.819. The second-order valence-electron chi connectivity index (χ2n) is 9.77. The summed E-state index contributed by atoms with van der Waals surface area (Å²) in [5, 5.41) is 0. The van der Waals surface area contributed by atoms with Crippen LogP contribution >= 0.6 is 0 Å². The van der Waals surface area contributed by atoms with Crippen molar-refractivity contribution in [1.82, 2.24) is 9.88 Å². The highest BCUT2D eigenvalue weighted by molar-refractivity contribution is 5.96. The van der Waals surface area contributed by atoms with Gasteiger partial charge >= 0.3 is 0 Å². The van der Waals surface area contributed by atoms with Gasteiger partial charge in [0.1, 0.15) is 0 Å². The molecule has 3 fully saturated rings. The molecule has 1 atom stereocenters. The summed E-state index contributed by atoms with van der Waals surface area (Å²) in [5.41, 5.74) is 4.67. The molecule has 0 bridgehead atoms. The van der Waals surface area contributed by atoms with E-state index in [0.717, 1.165) is 89.4 Å². The van der Waals surface area contributed by atoms with Crippen molar-refractivity contribution in [3.63, 3.8) is 0 Å². The molecule has 0 unspecified atom stereocenters. The summed E-state index contributed by atoms with van der Waals surface area (Å²) < 4.78 is 5.50. The summed E-state index contributed by atoms with van der Waals surface area (Å²) in [4.78, 5) is 25.0. The number of hydrogen-bond acceptors (Lipinski definition) is 5. The van der Waals surface area contributed by atoms with Gasteiger partial charge in [0.2, 0.25) is 5.91 Å². The normalized spacial score (nSPS) is 23.2. The molecule has 33 heavy (non-hydrogen) atoms. The van der Waals surface area contributed by atoms with Crippen LogP contribution in [0.1, 0.15) is 42.9 Å². The molecule has 6 heteroatoms. The van der Waals surface area contributed by atoms with Gasteiger partial charge in [-0.25, -0.2) is 0 Å². The fourth-order valence-electron chi connectivity index (χ4n) is 5.51. The molecule has 3 aliphatic heterocycles. The highest BCUT2D eigenvalue weighted by Crippen LogP contribution is 2.32. The maximum Gasteiger partial charge on any atom is 0.230 e. The molecule has 0 saturated carbocycles. The largest absolute Gasteiger partial charge is 0.381 e. The first kappa shape index (κ1) is 22.4. The van der Waals surface area contributed by atoms with Gasteiger partial charge in [-0.05, 0) is 68.5 Å². The number of amides is 1. The van der Waals surface area contributed by atoms with Crippen molar-refractivity contribution in [2.75, 3.05) is 62.8 Å². The van der Waals surface area contributed by atoms with E-state index in [9.17, 15) is 4.79 Å². The number of ether oxygens (including phenoxy) is 1. The lowest BCUT2D eigenvalue weighted by atomic mass is 9.90. The Balaban J connectivity index is 1.28. The van der Waals surface area contributed by atoms with Crippen LogP contribution in [0.3, 0.4) is 0 Å². The van der Waals surface area contributed by atoms with E-state index in [2.05, 4.69) is 47.2 Å². The van der Waals surface area contributed by atoms with E-state index in [1.54, 1.807) is 0 Å². The molecule has 0 radical (unpaired) electrons. The van der Waals surface area contributed by atoms with Crippen molar-refractivity contribution >= 4 is 17.3 Å². The number of rotatable bonds is 5. The summed E-state index contributed by atoms with van der Waals surface area (Å²) in [7, 11) is 2.17. The molecule has 2 aromatic rings. The average molecular weight is 449 g/mol. The molecule has 6 nitrogen and oxygen atoms in total. The number of pyridine rings is 1.